The number of halogens is 1. The van der Waals surface area contributed by atoms with E-state index in [1.807, 2.05) is 60.9 Å². The van der Waals surface area contributed by atoms with Gasteiger partial charge in [0.1, 0.15) is 0 Å². The molecular weight excluding hydrogens is 246 g/mol. The van der Waals surface area contributed by atoms with E-state index in [9.17, 15) is 0 Å². The van der Waals surface area contributed by atoms with Crippen LogP contribution in [0.2, 0.25) is 5.15 Å². The van der Waals surface area contributed by atoms with E-state index in [0.29, 0.717) is 11.0 Å². The van der Waals surface area contributed by atoms with Gasteiger partial charge in [0, 0.05) is 23.1 Å². The summed E-state index contributed by atoms with van der Waals surface area (Å²) >= 11 is 6.01. The third-order valence-corrected chi connectivity index (χ3v) is 2.79. The highest BCUT2D eigenvalue weighted by Gasteiger charge is 2.00. The summed E-state index contributed by atoms with van der Waals surface area (Å²) in [4.78, 5) is 4.27. The van der Waals surface area contributed by atoms with E-state index >= 15 is 0 Å². The Hall–Kier alpha value is -2.13. The molecule has 0 unspecified atom stereocenters. The highest BCUT2D eigenvalue weighted by atomic mass is 35.5. The van der Waals surface area contributed by atoms with Crippen LogP contribution >= 0.6 is 11.6 Å². The normalized spacial score (nSPS) is 10.5. The van der Waals surface area contributed by atoms with E-state index < -0.39 is 0 Å². The zero-order valence-electron chi connectivity index (χ0n) is 9.49. The summed E-state index contributed by atoms with van der Waals surface area (Å²) in [5.74, 6) is 0.620. The molecule has 2 heterocycles. The average molecular weight is 256 g/mol. The lowest BCUT2D eigenvalue weighted by Crippen LogP contribution is -2.26. The molecule has 0 aliphatic heterocycles. The number of rotatable bonds is 2. The summed E-state index contributed by atoms with van der Waals surface area (Å²) in [6.45, 7) is 0. The van der Waals surface area contributed by atoms with Crippen molar-refractivity contribution in [3.05, 3.63) is 71.5 Å². The minimum Gasteiger partial charge on any atom is -0.421 e. The molecule has 0 saturated carbocycles. The molecule has 0 aliphatic rings. The fraction of sp³-hybridized carbons (Fsp3) is 0. The third-order valence-electron chi connectivity index (χ3n) is 2.60. The van der Waals surface area contributed by atoms with Crippen molar-refractivity contribution in [1.82, 2.24) is 4.98 Å². The fourth-order valence-corrected chi connectivity index (χ4v) is 1.99. The zero-order chi connectivity index (χ0) is 12.4. The first-order valence-electron chi connectivity index (χ1n) is 5.56. The Balaban J connectivity index is 2.11. The lowest BCUT2D eigenvalue weighted by atomic mass is 10.2. The first-order valence-corrected chi connectivity index (χ1v) is 5.94. The van der Waals surface area contributed by atoms with Gasteiger partial charge in [-0.1, -0.05) is 41.9 Å². The molecule has 0 radical (unpaired) electrons. The Labute approximate surface area is 110 Å². The first kappa shape index (κ1) is 11.0. The third kappa shape index (κ3) is 2.13. The summed E-state index contributed by atoms with van der Waals surface area (Å²) in [6.07, 6.45) is 3.72. The van der Waals surface area contributed by atoms with Gasteiger partial charge < -0.3 is 4.98 Å². The van der Waals surface area contributed by atoms with Crippen molar-refractivity contribution in [2.75, 3.05) is 0 Å². The van der Waals surface area contributed by atoms with E-state index in [0.717, 1.165) is 10.8 Å². The molecule has 4 heteroatoms. The Morgan fingerprint density at radius 1 is 1.00 bits per heavy atom. The van der Waals surface area contributed by atoms with E-state index in [-0.39, 0.29) is 0 Å². The molecule has 0 atom stereocenters. The number of hydrogen-bond donors (Lipinski definition) is 0. The Morgan fingerprint density at radius 3 is 2.61 bits per heavy atom. The SMILES string of the molecule is Clc1cc2ccccc2c([N-][n+]2ccccc2)n1. The van der Waals surface area contributed by atoms with Crippen molar-refractivity contribution >= 4 is 28.2 Å². The van der Waals surface area contributed by atoms with Crippen molar-refractivity contribution in [3.63, 3.8) is 0 Å². The fourth-order valence-electron chi connectivity index (χ4n) is 1.79. The van der Waals surface area contributed by atoms with Gasteiger partial charge >= 0.3 is 0 Å². The Morgan fingerprint density at radius 2 is 1.78 bits per heavy atom. The number of pyridine rings is 2. The number of fused-ring (bicyclic) bond motifs is 1. The summed E-state index contributed by atoms with van der Waals surface area (Å²) in [7, 11) is 0. The molecule has 0 aliphatic carbocycles. The molecule has 3 rings (SSSR count). The van der Waals surface area contributed by atoms with Crippen LogP contribution in [-0.4, -0.2) is 4.98 Å². The Bertz CT molecular complexity index is 683. The van der Waals surface area contributed by atoms with Crippen LogP contribution in [0, 0.1) is 0 Å². The van der Waals surface area contributed by atoms with Crippen molar-refractivity contribution in [3.8, 4) is 0 Å². The van der Waals surface area contributed by atoms with Gasteiger partial charge in [-0.25, -0.2) is 0 Å². The van der Waals surface area contributed by atoms with Gasteiger partial charge in [0.05, 0.1) is 0 Å². The van der Waals surface area contributed by atoms with Crippen LogP contribution in [0.25, 0.3) is 16.2 Å². The zero-order valence-corrected chi connectivity index (χ0v) is 10.2. The number of hydrogen-bond acceptors (Lipinski definition) is 1. The summed E-state index contributed by atoms with van der Waals surface area (Å²) in [5, 5.41) is 2.47. The summed E-state index contributed by atoms with van der Waals surface area (Å²) in [5.41, 5.74) is 4.45. The predicted molar refractivity (Wildman–Crippen MR) is 71.8 cm³/mol. The first-order chi connectivity index (χ1) is 8.83. The van der Waals surface area contributed by atoms with Crippen molar-refractivity contribution in [1.29, 1.82) is 0 Å². The molecule has 1 aromatic carbocycles. The quantitative estimate of drug-likeness (QED) is 0.508. The van der Waals surface area contributed by atoms with E-state index in [1.165, 1.54) is 0 Å². The number of benzene rings is 1. The molecule has 0 amide bonds. The average Bonchev–Trinajstić information content (AvgIpc) is 2.40. The van der Waals surface area contributed by atoms with Crippen LogP contribution in [0.15, 0.2) is 60.9 Å². The molecule has 0 fully saturated rings. The van der Waals surface area contributed by atoms with Crippen LogP contribution in [-0.2, 0) is 0 Å². The minimum atomic E-state index is 0.448. The molecule has 3 aromatic rings. The second kappa shape index (κ2) is 4.63. The van der Waals surface area contributed by atoms with Crippen molar-refractivity contribution in [2.24, 2.45) is 0 Å². The number of nitrogens with zero attached hydrogens (tertiary/aromatic N) is 3. The summed E-state index contributed by atoms with van der Waals surface area (Å²) < 4.78 is 1.71. The van der Waals surface area contributed by atoms with E-state index in [4.69, 9.17) is 11.6 Å². The minimum absolute atomic E-state index is 0.448. The van der Waals surface area contributed by atoms with Gasteiger partial charge in [0.2, 0.25) is 0 Å². The molecule has 3 nitrogen and oxygen atoms in total. The van der Waals surface area contributed by atoms with Crippen LogP contribution in [0.4, 0.5) is 5.82 Å². The lowest BCUT2D eigenvalue weighted by molar-refractivity contribution is -0.619. The maximum atomic E-state index is 6.01. The predicted octanol–water partition coefficient (Wildman–Crippen LogP) is 3.64. The van der Waals surface area contributed by atoms with Gasteiger partial charge in [-0.05, 0) is 16.8 Å². The van der Waals surface area contributed by atoms with Gasteiger partial charge in [0.15, 0.2) is 12.4 Å². The lowest BCUT2D eigenvalue weighted by Gasteiger charge is -2.13. The van der Waals surface area contributed by atoms with Crippen molar-refractivity contribution < 1.29 is 4.68 Å². The molecule has 0 N–H and O–H groups in total. The molecule has 0 bridgehead atoms. The van der Waals surface area contributed by atoms with Crippen LogP contribution in [0.5, 0.6) is 0 Å². The molecule has 2 aromatic heterocycles. The van der Waals surface area contributed by atoms with Crippen molar-refractivity contribution in [2.45, 2.75) is 0 Å². The molecular formula is C14H10ClN3. The highest BCUT2D eigenvalue weighted by Crippen LogP contribution is 2.28. The topological polar surface area (TPSA) is 30.9 Å². The number of aromatic nitrogens is 2. The second-order valence-electron chi connectivity index (χ2n) is 3.85. The van der Waals surface area contributed by atoms with E-state index in [1.54, 1.807) is 4.68 Å². The summed E-state index contributed by atoms with van der Waals surface area (Å²) in [6, 6.07) is 15.5. The Kier molecular flexibility index (Phi) is 2.82. The van der Waals surface area contributed by atoms with E-state index in [2.05, 4.69) is 10.4 Å². The molecule has 88 valence electrons. The van der Waals surface area contributed by atoms with Crippen LogP contribution < -0.4 is 4.68 Å². The molecule has 18 heavy (non-hydrogen) atoms. The maximum absolute atomic E-state index is 6.01. The second-order valence-corrected chi connectivity index (χ2v) is 4.23. The monoisotopic (exact) mass is 255 g/mol. The standard InChI is InChI=1S/C14H10ClN3/c15-13-10-11-6-2-3-7-12(11)14(16-13)17-18-8-4-1-5-9-18/h1-10H. The van der Waals surface area contributed by atoms with Gasteiger partial charge in [-0.2, -0.15) is 10.1 Å². The smallest absolute Gasteiger partial charge is 0.182 e. The van der Waals surface area contributed by atoms with Gasteiger partial charge in [-0.15, -0.1) is 0 Å². The molecule has 0 spiro atoms. The van der Waals surface area contributed by atoms with Gasteiger partial charge in [0.25, 0.3) is 0 Å². The van der Waals surface area contributed by atoms with Gasteiger partial charge in [-0.3, -0.25) is 0 Å². The molecule has 0 saturated heterocycles. The largest absolute Gasteiger partial charge is 0.421 e. The maximum Gasteiger partial charge on any atom is 0.182 e. The van der Waals surface area contributed by atoms with Crippen LogP contribution in [0.3, 0.4) is 0 Å². The highest BCUT2D eigenvalue weighted by molar-refractivity contribution is 6.30. The van der Waals surface area contributed by atoms with Crippen LogP contribution in [0.1, 0.15) is 0 Å².